The van der Waals surface area contributed by atoms with Gasteiger partial charge in [0.25, 0.3) is 0 Å². The molecule has 1 saturated carbocycles. The van der Waals surface area contributed by atoms with Gasteiger partial charge in [0.2, 0.25) is 5.88 Å². The Bertz CT molecular complexity index is 400. The van der Waals surface area contributed by atoms with Gasteiger partial charge in [-0.2, -0.15) is 4.98 Å². The van der Waals surface area contributed by atoms with Crippen LogP contribution in [0.5, 0.6) is 5.88 Å². The van der Waals surface area contributed by atoms with Crippen molar-refractivity contribution in [1.82, 2.24) is 9.97 Å². The number of hydrogen-bond acceptors (Lipinski definition) is 4. The first kappa shape index (κ1) is 14.1. The Hall–Kier alpha value is -1.32. The number of nitrogens with one attached hydrogen (secondary N) is 1. The lowest BCUT2D eigenvalue weighted by Gasteiger charge is -2.15. The van der Waals surface area contributed by atoms with Gasteiger partial charge in [0.05, 0.1) is 6.61 Å². The fourth-order valence-electron chi connectivity index (χ4n) is 2.50. The molecule has 1 N–H and O–H groups in total. The van der Waals surface area contributed by atoms with E-state index in [0.29, 0.717) is 24.4 Å². The molecule has 1 aromatic heterocycles. The predicted molar refractivity (Wildman–Crippen MR) is 77.6 cm³/mol. The molecule has 0 spiro atoms. The summed E-state index contributed by atoms with van der Waals surface area (Å²) in [7, 11) is 0. The van der Waals surface area contributed by atoms with E-state index in [1.807, 2.05) is 13.0 Å². The summed E-state index contributed by atoms with van der Waals surface area (Å²) in [6.45, 7) is 6.98. The molecule has 1 heterocycles. The summed E-state index contributed by atoms with van der Waals surface area (Å²) in [5, 5.41) is 3.52. The molecule has 1 aromatic rings. The first-order chi connectivity index (χ1) is 9.17. The predicted octanol–water partition coefficient (Wildman–Crippen LogP) is 3.43. The van der Waals surface area contributed by atoms with Crippen LogP contribution >= 0.6 is 0 Å². The zero-order valence-corrected chi connectivity index (χ0v) is 12.3. The van der Waals surface area contributed by atoms with E-state index in [1.54, 1.807) is 0 Å². The first-order valence-electron chi connectivity index (χ1n) is 7.44. The van der Waals surface area contributed by atoms with Crippen molar-refractivity contribution in [2.45, 2.75) is 58.9 Å². The molecule has 0 amide bonds. The van der Waals surface area contributed by atoms with Crippen LogP contribution in [0.1, 0.15) is 52.3 Å². The van der Waals surface area contributed by atoms with Gasteiger partial charge in [-0.3, -0.25) is 0 Å². The Balaban J connectivity index is 2.12. The molecule has 106 valence electrons. The Labute approximate surface area is 116 Å². The maximum Gasteiger partial charge on any atom is 0.218 e. The molecule has 4 heteroatoms. The van der Waals surface area contributed by atoms with Crippen molar-refractivity contribution in [3.05, 3.63) is 11.9 Å². The van der Waals surface area contributed by atoms with Gasteiger partial charge in [-0.05, 0) is 25.7 Å². The SMILES string of the molecule is CCOc1cc(NC2CCCC2)nc(CC(C)C)n1. The maximum atomic E-state index is 5.54. The lowest BCUT2D eigenvalue weighted by atomic mass is 10.1. The Morgan fingerprint density at radius 2 is 2.05 bits per heavy atom. The van der Waals surface area contributed by atoms with Gasteiger partial charge in [-0.15, -0.1) is 0 Å². The topological polar surface area (TPSA) is 47.0 Å². The molecule has 0 aromatic carbocycles. The van der Waals surface area contributed by atoms with Crippen LogP contribution in [0.3, 0.4) is 0 Å². The van der Waals surface area contributed by atoms with E-state index >= 15 is 0 Å². The average Bonchev–Trinajstić information content (AvgIpc) is 2.81. The fraction of sp³-hybridized carbons (Fsp3) is 0.733. The fourth-order valence-corrected chi connectivity index (χ4v) is 2.50. The van der Waals surface area contributed by atoms with Crippen LogP contribution in [0.2, 0.25) is 0 Å². The molecule has 0 bridgehead atoms. The summed E-state index contributed by atoms with van der Waals surface area (Å²) < 4.78 is 5.54. The summed E-state index contributed by atoms with van der Waals surface area (Å²) in [6, 6.07) is 2.49. The van der Waals surface area contributed by atoms with Gasteiger partial charge in [0.15, 0.2) is 0 Å². The molecule has 0 aliphatic heterocycles. The third-order valence-corrected chi connectivity index (χ3v) is 3.34. The third kappa shape index (κ3) is 4.37. The van der Waals surface area contributed by atoms with E-state index in [4.69, 9.17) is 4.74 Å². The lowest BCUT2D eigenvalue weighted by Crippen LogP contribution is -2.17. The molecule has 0 atom stereocenters. The number of aromatic nitrogens is 2. The summed E-state index contributed by atoms with van der Waals surface area (Å²) in [5.41, 5.74) is 0. The maximum absolute atomic E-state index is 5.54. The standard InChI is InChI=1S/C15H25N3O/c1-4-19-15-10-14(16-12-7-5-6-8-12)17-13(18-15)9-11(2)3/h10-12H,4-9H2,1-3H3,(H,16,17,18). The van der Waals surface area contributed by atoms with E-state index in [9.17, 15) is 0 Å². The number of rotatable bonds is 6. The summed E-state index contributed by atoms with van der Waals surface area (Å²) in [4.78, 5) is 9.08. The molecular formula is C15H25N3O. The van der Waals surface area contributed by atoms with Crippen LogP contribution in [0, 0.1) is 5.92 Å². The molecule has 2 rings (SSSR count). The van der Waals surface area contributed by atoms with E-state index in [1.165, 1.54) is 25.7 Å². The van der Waals surface area contributed by atoms with Crippen molar-refractivity contribution in [2.75, 3.05) is 11.9 Å². The highest BCUT2D eigenvalue weighted by atomic mass is 16.5. The van der Waals surface area contributed by atoms with Crippen molar-refractivity contribution < 1.29 is 4.74 Å². The van der Waals surface area contributed by atoms with Crippen molar-refractivity contribution >= 4 is 5.82 Å². The highest BCUT2D eigenvalue weighted by Gasteiger charge is 2.16. The van der Waals surface area contributed by atoms with Crippen molar-refractivity contribution in [1.29, 1.82) is 0 Å². The van der Waals surface area contributed by atoms with Gasteiger partial charge in [0, 0.05) is 18.5 Å². The number of ether oxygens (including phenoxy) is 1. The van der Waals surface area contributed by atoms with Gasteiger partial charge in [0.1, 0.15) is 11.6 Å². The van der Waals surface area contributed by atoms with E-state index in [2.05, 4.69) is 29.1 Å². The minimum atomic E-state index is 0.552. The van der Waals surface area contributed by atoms with Crippen LogP contribution in [-0.2, 0) is 6.42 Å². The molecule has 1 aliphatic rings. The monoisotopic (exact) mass is 263 g/mol. The van der Waals surface area contributed by atoms with E-state index in [-0.39, 0.29) is 0 Å². The number of nitrogens with zero attached hydrogens (tertiary/aromatic N) is 2. The van der Waals surface area contributed by atoms with Crippen LogP contribution in [-0.4, -0.2) is 22.6 Å². The molecule has 0 saturated heterocycles. The molecule has 0 radical (unpaired) electrons. The summed E-state index contributed by atoms with van der Waals surface area (Å²) in [5.74, 6) is 3.03. The number of anilines is 1. The highest BCUT2D eigenvalue weighted by Crippen LogP contribution is 2.23. The molecule has 4 nitrogen and oxygen atoms in total. The van der Waals surface area contributed by atoms with Crippen molar-refractivity contribution in [3.63, 3.8) is 0 Å². The lowest BCUT2D eigenvalue weighted by molar-refractivity contribution is 0.324. The largest absolute Gasteiger partial charge is 0.478 e. The van der Waals surface area contributed by atoms with Gasteiger partial charge in [-0.25, -0.2) is 4.98 Å². The second-order valence-corrected chi connectivity index (χ2v) is 5.66. The summed E-state index contributed by atoms with van der Waals surface area (Å²) in [6.07, 6.45) is 6.01. The van der Waals surface area contributed by atoms with E-state index < -0.39 is 0 Å². The van der Waals surface area contributed by atoms with Crippen molar-refractivity contribution in [3.8, 4) is 5.88 Å². The number of hydrogen-bond donors (Lipinski definition) is 1. The molecular weight excluding hydrogens is 238 g/mol. The smallest absolute Gasteiger partial charge is 0.218 e. The van der Waals surface area contributed by atoms with Gasteiger partial charge >= 0.3 is 0 Å². The third-order valence-electron chi connectivity index (χ3n) is 3.34. The molecule has 1 aliphatic carbocycles. The minimum Gasteiger partial charge on any atom is -0.478 e. The quantitative estimate of drug-likeness (QED) is 0.854. The van der Waals surface area contributed by atoms with Gasteiger partial charge in [-0.1, -0.05) is 26.7 Å². The van der Waals surface area contributed by atoms with Crippen molar-refractivity contribution in [2.24, 2.45) is 5.92 Å². The second-order valence-electron chi connectivity index (χ2n) is 5.66. The summed E-state index contributed by atoms with van der Waals surface area (Å²) >= 11 is 0. The normalized spacial score (nSPS) is 16.0. The zero-order chi connectivity index (χ0) is 13.7. The zero-order valence-electron chi connectivity index (χ0n) is 12.3. The van der Waals surface area contributed by atoms with Gasteiger partial charge < -0.3 is 10.1 Å². The minimum absolute atomic E-state index is 0.552. The van der Waals surface area contributed by atoms with Crippen LogP contribution in [0.25, 0.3) is 0 Å². The molecule has 1 fully saturated rings. The van der Waals surface area contributed by atoms with Crippen LogP contribution in [0.4, 0.5) is 5.82 Å². The van der Waals surface area contributed by atoms with Crippen LogP contribution in [0.15, 0.2) is 6.07 Å². The Kier molecular flexibility index (Phi) is 5.00. The Morgan fingerprint density at radius 1 is 1.32 bits per heavy atom. The Morgan fingerprint density at radius 3 is 2.68 bits per heavy atom. The highest BCUT2D eigenvalue weighted by molar-refractivity contribution is 5.39. The first-order valence-corrected chi connectivity index (χ1v) is 7.44. The van der Waals surface area contributed by atoms with E-state index in [0.717, 1.165) is 18.1 Å². The molecule has 0 unspecified atom stereocenters. The average molecular weight is 263 g/mol. The van der Waals surface area contributed by atoms with Crippen LogP contribution < -0.4 is 10.1 Å². The second kappa shape index (κ2) is 6.73. The molecule has 19 heavy (non-hydrogen) atoms.